The normalized spacial score (nSPS) is 12.0. The van der Waals surface area contributed by atoms with Crippen molar-refractivity contribution in [3.05, 3.63) is 63.7 Å². The molecule has 3 rings (SSSR count). The van der Waals surface area contributed by atoms with Gasteiger partial charge in [0.25, 0.3) is 5.56 Å². The highest BCUT2D eigenvalue weighted by Crippen LogP contribution is 2.23. The summed E-state index contributed by atoms with van der Waals surface area (Å²) in [5.41, 5.74) is 7.30. The highest BCUT2D eigenvalue weighted by molar-refractivity contribution is 6.35. The van der Waals surface area contributed by atoms with E-state index in [4.69, 9.17) is 17.3 Å². The summed E-state index contributed by atoms with van der Waals surface area (Å²) in [4.78, 5) is 29.2. The molecule has 0 aliphatic rings. The van der Waals surface area contributed by atoms with E-state index >= 15 is 0 Å². The molecule has 0 aliphatic heterocycles. The number of anilines is 1. The molecular weight excluding hydrogens is 354 g/mol. The van der Waals surface area contributed by atoms with Gasteiger partial charge in [-0.1, -0.05) is 23.7 Å². The average molecular weight is 372 g/mol. The molecule has 0 radical (unpaired) electrons. The Morgan fingerprint density at radius 1 is 1.27 bits per heavy atom. The van der Waals surface area contributed by atoms with Gasteiger partial charge in [-0.15, -0.1) is 0 Å². The van der Waals surface area contributed by atoms with Crippen LogP contribution in [0.5, 0.6) is 0 Å². The summed E-state index contributed by atoms with van der Waals surface area (Å²) in [5.74, 6) is 0.404. The number of nitrogens with zero attached hydrogens (tertiary/aromatic N) is 2. The standard InChI is InChI=1S/C18H18ClN5O2/c1-10(20)16-23-14-8-4-7-13(19)15(14)17(25)24(16)12-6-3-5-11(9-12)22-18(26)21-2/h3-10H,20H2,1-2H3,(H2,21,22,26)/t10-/m0/s1. The lowest BCUT2D eigenvalue weighted by atomic mass is 10.2. The molecule has 0 aliphatic carbocycles. The van der Waals surface area contributed by atoms with E-state index < -0.39 is 6.04 Å². The van der Waals surface area contributed by atoms with Crippen molar-refractivity contribution < 1.29 is 4.79 Å². The molecule has 1 atom stereocenters. The molecule has 0 fully saturated rings. The number of carbonyl (C=O) groups is 1. The minimum atomic E-state index is -0.485. The Labute approximate surface area is 154 Å². The third-order valence-electron chi connectivity index (χ3n) is 3.87. The number of benzene rings is 2. The fourth-order valence-electron chi connectivity index (χ4n) is 2.68. The number of hydrogen-bond donors (Lipinski definition) is 3. The molecule has 0 spiro atoms. The van der Waals surface area contributed by atoms with E-state index in [9.17, 15) is 9.59 Å². The zero-order valence-electron chi connectivity index (χ0n) is 14.3. The largest absolute Gasteiger partial charge is 0.341 e. The van der Waals surface area contributed by atoms with Crippen LogP contribution in [0.15, 0.2) is 47.3 Å². The number of nitrogens with two attached hydrogens (primary N) is 1. The highest BCUT2D eigenvalue weighted by atomic mass is 35.5. The minimum absolute atomic E-state index is 0.315. The van der Waals surface area contributed by atoms with Gasteiger partial charge in [-0.25, -0.2) is 9.78 Å². The van der Waals surface area contributed by atoms with E-state index in [-0.39, 0.29) is 11.6 Å². The van der Waals surface area contributed by atoms with E-state index in [0.717, 1.165) is 0 Å². The molecule has 8 heteroatoms. The Kier molecular flexibility index (Phi) is 4.92. The van der Waals surface area contributed by atoms with Crippen molar-refractivity contribution in [3.63, 3.8) is 0 Å². The Bertz CT molecular complexity index is 1050. The van der Waals surface area contributed by atoms with Crippen LogP contribution in [0.25, 0.3) is 16.6 Å². The summed E-state index contributed by atoms with van der Waals surface area (Å²) >= 11 is 6.22. The molecular formula is C18H18ClN5O2. The van der Waals surface area contributed by atoms with E-state index in [2.05, 4.69) is 15.6 Å². The maximum atomic E-state index is 13.1. The van der Waals surface area contributed by atoms with Crippen molar-refractivity contribution in [1.29, 1.82) is 0 Å². The van der Waals surface area contributed by atoms with Crippen LogP contribution >= 0.6 is 11.6 Å². The van der Waals surface area contributed by atoms with Crippen LogP contribution in [-0.2, 0) is 0 Å². The van der Waals surface area contributed by atoms with Gasteiger partial charge in [-0.3, -0.25) is 9.36 Å². The third kappa shape index (κ3) is 3.26. The second-order valence-corrected chi connectivity index (χ2v) is 6.19. The molecule has 134 valence electrons. The summed E-state index contributed by atoms with van der Waals surface area (Å²) in [6.07, 6.45) is 0. The summed E-state index contributed by atoms with van der Waals surface area (Å²) in [6.45, 7) is 1.75. The molecule has 0 saturated carbocycles. The quantitative estimate of drug-likeness (QED) is 0.658. The van der Waals surface area contributed by atoms with Gasteiger partial charge in [0, 0.05) is 12.7 Å². The molecule has 2 aromatic carbocycles. The molecule has 0 bridgehead atoms. The van der Waals surface area contributed by atoms with Crippen molar-refractivity contribution in [1.82, 2.24) is 14.9 Å². The number of nitrogens with one attached hydrogen (secondary N) is 2. The number of rotatable bonds is 3. The number of urea groups is 1. The van der Waals surface area contributed by atoms with Crippen molar-refractivity contribution in [2.24, 2.45) is 5.73 Å². The third-order valence-corrected chi connectivity index (χ3v) is 4.18. The molecule has 4 N–H and O–H groups in total. The number of amides is 2. The van der Waals surface area contributed by atoms with Gasteiger partial charge < -0.3 is 16.4 Å². The van der Waals surface area contributed by atoms with Crippen molar-refractivity contribution in [3.8, 4) is 5.69 Å². The highest BCUT2D eigenvalue weighted by Gasteiger charge is 2.17. The Morgan fingerprint density at radius 3 is 2.69 bits per heavy atom. The first-order valence-corrected chi connectivity index (χ1v) is 8.36. The number of aromatic nitrogens is 2. The Morgan fingerprint density at radius 2 is 2.00 bits per heavy atom. The summed E-state index contributed by atoms with van der Waals surface area (Å²) in [5, 5.41) is 5.80. The maximum Gasteiger partial charge on any atom is 0.318 e. The van der Waals surface area contributed by atoms with Crippen molar-refractivity contribution in [2.45, 2.75) is 13.0 Å². The molecule has 7 nitrogen and oxygen atoms in total. The second-order valence-electron chi connectivity index (χ2n) is 5.79. The van der Waals surface area contributed by atoms with E-state index in [1.807, 2.05) is 0 Å². The van der Waals surface area contributed by atoms with Gasteiger partial charge in [-0.05, 0) is 37.3 Å². The predicted octanol–water partition coefficient (Wildman–Crippen LogP) is 2.81. The average Bonchev–Trinajstić information content (AvgIpc) is 2.61. The van der Waals surface area contributed by atoms with E-state index in [1.54, 1.807) is 49.4 Å². The van der Waals surface area contributed by atoms with Crippen LogP contribution in [0.3, 0.4) is 0 Å². The first-order valence-electron chi connectivity index (χ1n) is 7.98. The van der Waals surface area contributed by atoms with Gasteiger partial charge in [-0.2, -0.15) is 0 Å². The van der Waals surface area contributed by atoms with Gasteiger partial charge in [0.2, 0.25) is 0 Å². The molecule has 1 heterocycles. The number of halogens is 1. The van der Waals surface area contributed by atoms with E-state index in [1.165, 1.54) is 11.6 Å². The van der Waals surface area contributed by atoms with Crippen LogP contribution in [0.1, 0.15) is 18.8 Å². The van der Waals surface area contributed by atoms with Gasteiger partial charge in [0.05, 0.1) is 27.7 Å². The number of carbonyl (C=O) groups excluding carboxylic acids is 1. The molecule has 3 aromatic rings. The zero-order valence-corrected chi connectivity index (χ0v) is 15.0. The lowest BCUT2D eigenvalue weighted by molar-refractivity contribution is 0.254. The molecule has 1 aromatic heterocycles. The van der Waals surface area contributed by atoms with Crippen LogP contribution in [-0.4, -0.2) is 22.6 Å². The zero-order chi connectivity index (χ0) is 18.8. The van der Waals surface area contributed by atoms with Gasteiger partial charge >= 0.3 is 6.03 Å². The first-order chi connectivity index (χ1) is 12.4. The van der Waals surface area contributed by atoms with Gasteiger partial charge in [0.1, 0.15) is 5.82 Å². The molecule has 0 unspecified atom stereocenters. The fourth-order valence-corrected chi connectivity index (χ4v) is 2.93. The number of fused-ring (bicyclic) bond motifs is 1. The predicted molar refractivity (Wildman–Crippen MR) is 103 cm³/mol. The van der Waals surface area contributed by atoms with Crippen molar-refractivity contribution >= 4 is 34.2 Å². The fraction of sp³-hybridized carbons (Fsp3) is 0.167. The molecule has 26 heavy (non-hydrogen) atoms. The lowest BCUT2D eigenvalue weighted by Crippen LogP contribution is -2.28. The van der Waals surface area contributed by atoms with Crippen LogP contribution in [0.4, 0.5) is 10.5 Å². The van der Waals surface area contributed by atoms with Gasteiger partial charge in [0.15, 0.2) is 0 Å². The topological polar surface area (TPSA) is 102 Å². The first kappa shape index (κ1) is 17.9. The monoisotopic (exact) mass is 371 g/mol. The summed E-state index contributed by atoms with van der Waals surface area (Å²) in [6, 6.07) is 11.1. The van der Waals surface area contributed by atoms with Crippen LogP contribution in [0.2, 0.25) is 5.02 Å². The van der Waals surface area contributed by atoms with Crippen LogP contribution in [0, 0.1) is 0 Å². The van der Waals surface area contributed by atoms with Crippen LogP contribution < -0.4 is 21.9 Å². The SMILES string of the molecule is CNC(=O)Nc1cccc(-n2c([C@H](C)N)nc3cccc(Cl)c3c2=O)c1. The summed E-state index contributed by atoms with van der Waals surface area (Å²) in [7, 11) is 1.52. The Balaban J connectivity index is 2.27. The Hall–Kier alpha value is -2.90. The van der Waals surface area contributed by atoms with Crippen molar-refractivity contribution in [2.75, 3.05) is 12.4 Å². The van der Waals surface area contributed by atoms with E-state index in [0.29, 0.717) is 33.1 Å². The smallest absolute Gasteiger partial charge is 0.318 e. The maximum absolute atomic E-state index is 13.1. The summed E-state index contributed by atoms with van der Waals surface area (Å²) < 4.78 is 1.42. The minimum Gasteiger partial charge on any atom is -0.341 e. The lowest BCUT2D eigenvalue weighted by Gasteiger charge is -2.17. The number of hydrogen-bond acceptors (Lipinski definition) is 4. The molecule has 2 amide bonds. The molecule has 0 saturated heterocycles. The second kappa shape index (κ2) is 7.15.